The molecule has 158 valence electrons. The maximum absolute atomic E-state index is 13.2. The van der Waals surface area contributed by atoms with Crippen LogP contribution < -0.4 is 5.32 Å². The van der Waals surface area contributed by atoms with E-state index >= 15 is 0 Å². The fourth-order valence-corrected chi connectivity index (χ4v) is 4.86. The molecule has 0 bridgehead atoms. The van der Waals surface area contributed by atoms with Gasteiger partial charge >= 0.3 is 12.1 Å². The number of rotatable bonds is 6. The standard InChI is InChI=1S/C18H19BrF3N3O3S/c1-4-28-17(27)12-8(2)9(3)29-16(12)23-11(26)7-25-14(10-5-6-10)13(19)15(24-25)18(20,21)22/h10H,4-7H2,1-3H3,(H,23,26). The zero-order valence-corrected chi connectivity index (χ0v) is 18.3. The molecule has 1 aliphatic carbocycles. The van der Waals surface area contributed by atoms with Crippen molar-refractivity contribution in [3.63, 3.8) is 0 Å². The summed E-state index contributed by atoms with van der Waals surface area (Å²) in [6.07, 6.45) is -3.12. The SMILES string of the molecule is CCOC(=O)c1c(NC(=O)Cn2nc(C(F)(F)F)c(Br)c2C2CC2)sc(C)c1C. The molecule has 1 N–H and O–H groups in total. The van der Waals surface area contributed by atoms with Crippen LogP contribution in [0.4, 0.5) is 18.2 Å². The first-order valence-electron chi connectivity index (χ1n) is 8.94. The highest BCUT2D eigenvalue weighted by Crippen LogP contribution is 2.47. The highest BCUT2D eigenvalue weighted by atomic mass is 79.9. The van der Waals surface area contributed by atoms with Crippen LogP contribution in [0.5, 0.6) is 0 Å². The number of hydrogen-bond donors (Lipinski definition) is 1. The number of halogens is 4. The Morgan fingerprint density at radius 2 is 2.00 bits per heavy atom. The maximum atomic E-state index is 13.2. The van der Waals surface area contributed by atoms with Gasteiger partial charge in [-0.1, -0.05) is 0 Å². The van der Waals surface area contributed by atoms with Crippen molar-refractivity contribution in [3.05, 3.63) is 31.9 Å². The number of nitrogens with zero attached hydrogens (tertiary/aromatic N) is 2. The second-order valence-corrected chi connectivity index (χ2v) is 8.75. The van der Waals surface area contributed by atoms with E-state index in [9.17, 15) is 22.8 Å². The number of nitrogens with one attached hydrogen (secondary N) is 1. The third-order valence-electron chi connectivity index (χ3n) is 4.58. The summed E-state index contributed by atoms with van der Waals surface area (Å²) in [5.41, 5.74) is 0.296. The first-order valence-corrected chi connectivity index (χ1v) is 10.6. The molecule has 2 aromatic rings. The number of amides is 1. The number of alkyl halides is 3. The Hall–Kier alpha value is -1.88. The summed E-state index contributed by atoms with van der Waals surface area (Å²) in [6, 6.07) is 0. The minimum absolute atomic E-state index is 0.0536. The molecule has 29 heavy (non-hydrogen) atoms. The van der Waals surface area contributed by atoms with Crippen LogP contribution in [0.3, 0.4) is 0 Å². The summed E-state index contributed by atoms with van der Waals surface area (Å²) in [6.45, 7) is 5.03. The molecule has 1 fully saturated rings. The number of anilines is 1. The Kier molecular flexibility index (Phi) is 6.09. The summed E-state index contributed by atoms with van der Waals surface area (Å²) in [5, 5.41) is 6.58. The van der Waals surface area contributed by atoms with Gasteiger partial charge in [-0.05, 0) is 55.1 Å². The van der Waals surface area contributed by atoms with Crippen LogP contribution in [0.15, 0.2) is 4.47 Å². The van der Waals surface area contributed by atoms with Gasteiger partial charge in [-0.15, -0.1) is 11.3 Å². The number of carbonyl (C=O) groups excluding carboxylic acids is 2. The lowest BCUT2D eigenvalue weighted by Gasteiger charge is -2.09. The number of esters is 1. The largest absolute Gasteiger partial charge is 0.462 e. The van der Waals surface area contributed by atoms with Crippen LogP contribution in [0, 0.1) is 13.8 Å². The van der Waals surface area contributed by atoms with Gasteiger partial charge in [-0.2, -0.15) is 18.3 Å². The average Bonchev–Trinajstić information content (AvgIpc) is 3.32. The lowest BCUT2D eigenvalue weighted by molar-refractivity contribution is -0.142. The number of ether oxygens (including phenoxy) is 1. The van der Waals surface area contributed by atoms with Crippen molar-refractivity contribution in [2.45, 2.75) is 52.3 Å². The van der Waals surface area contributed by atoms with Crippen molar-refractivity contribution in [2.24, 2.45) is 0 Å². The number of aryl methyl sites for hydroxylation is 1. The lowest BCUT2D eigenvalue weighted by Crippen LogP contribution is -2.22. The van der Waals surface area contributed by atoms with E-state index in [4.69, 9.17) is 4.74 Å². The number of hydrogen-bond acceptors (Lipinski definition) is 5. The molecule has 2 aromatic heterocycles. The summed E-state index contributed by atoms with van der Waals surface area (Å²) >= 11 is 4.22. The maximum Gasteiger partial charge on any atom is 0.436 e. The molecule has 3 rings (SSSR count). The van der Waals surface area contributed by atoms with Crippen molar-refractivity contribution >= 4 is 44.1 Å². The molecule has 0 aliphatic heterocycles. The van der Waals surface area contributed by atoms with Gasteiger partial charge < -0.3 is 10.1 Å². The Bertz CT molecular complexity index is 964. The molecular formula is C18H19BrF3N3O3S. The number of carbonyl (C=O) groups is 2. The van der Waals surface area contributed by atoms with E-state index in [0.29, 0.717) is 16.3 Å². The molecule has 6 nitrogen and oxygen atoms in total. The molecule has 2 heterocycles. The average molecular weight is 494 g/mol. The topological polar surface area (TPSA) is 73.2 Å². The Morgan fingerprint density at radius 1 is 1.34 bits per heavy atom. The highest BCUT2D eigenvalue weighted by Gasteiger charge is 2.42. The number of thiophene rings is 1. The van der Waals surface area contributed by atoms with Crippen molar-refractivity contribution in [1.29, 1.82) is 0 Å². The quantitative estimate of drug-likeness (QED) is 0.572. The van der Waals surface area contributed by atoms with E-state index in [1.165, 1.54) is 11.3 Å². The molecule has 1 saturated carbocycles. The fourth-order valence-electron chi connectivity index (χ4n) is 2.97. The highest BCUT2D eigenvalue weighted by molar-refractivity contribution is 9.10. The van der Waals surface area contributed by atoms with Crippen LogP contribution >= 0.6 is 27.3 Å². The molecule has 0 radical (unpaired) electrons. The van der Waals surface area contributed by atoms with E-state index in [0.717, 1.165) is 22.4 Å². The van der Waals surface area contributed by atoms with Gasteiger partial charge in [-0.25, -0.2) is 4.79 Å². The van der Waals surface area contributed by atoms with Crippen LogP contribution in [0.1, 0.15) is 57.9 Å². The molecule has 1 amide bonds. The summed E-state index contributed by atoms with van der Waals surface area (Å²) in [4.78, 5) is 25.7. The molecule has 0 atom stereocenters. The third-order valence-corrected chi connectivity index (χ3v) is 6.48. The first kappa shape index (κ1) is 21.8. The molecule has 11 heteroatoms. The Balaban J connectivity index is 1.86. The van der Waals surface area contributed by atoms with Crippen molar-refractivity contribution in [2.75, 3.05) is 11.9 Å². The van der Waals surface area contributed by atoms with Gasteiger partial charge in [0.2, 0.25) is 5.91 Å². The van der Waals surface area contributed by atoms with Crippen LogP contribution in [-0.2, 0) is 22.3 Å². The van der Waals surface area contributed by atoms with E-state index in [1.54, 1.807) is 13.8 Å². The minimum atomic E-state index is -4.62. The minimum Gasteiger partial charge on any atom is -0.462 e. The van der Waals surface area contributed by atoms with E-state index in [-0.39, 0.29) is 22.6 Å². The van der Waals surface area contributed by atoms with Gasteiger partial charge in [0.25, 0.3) is 0 Å². The molecule has 0 saturated heterocycles. The molecule has 0 unspecified atom stereocenters. The van der Waals surface area contributed by atoms with Crippen LogP contribution in [0.2, 0.25) is 0 Å². The van der Waals surface area contributed by atoms with Gasteiger partial charge in [0.15, 0.2) is 5.69 Å². The normalized spacial score (nSPS) is 14.2. The van der Waals surface area contributed by atoms with Crippen LogP contribution in [-0.4, -0.2) is 28.3 Å². The summed E-state index contributed by atoms with van der Waals surface area (Å²) in [7, 11) is 0. The predicted octanol–water partition coefficient (Wildman–Crippen LogP) is 5.04. The van der Waals surface area contributed by atoms with Gasteiger partial charge in [0.1, 0.15) is 11.5 Å². The molecule has 1 aliphatic rings. The van der Waals surface area contributed by atoms with E-state index in [2.05, 4.69) is 26.3 Å². The molecular weight excluding hydrogens is 475 g/mol. The first-order chi connectivity index (χ1) is 13.5. The number of aromatic nitrogens is 2. The van der Waals surface area contributed by atoms with Gasteiger partial charge in [0.05, 0.1) is 22.3 Å². The van der Waals surface area contributed by atoms with Crippen molar-refractivity contribution in [1.82, 2.24) is 9.78 Å². The monoisotopic (exact) mass is 493 g/mol. The lowest BCUT2D eigenvalue weighted by atomic mass is 10.1. The third kappa shape index (κ3) is 4.50. The van der Waals surface area contributed by atoms with E-state index < -0.39 is 30.3 Å². The van der Waals surface area contributed by atoms with Crippen LogP contribution in [0.25, 0.3) is 0 Å². The van der Waals surface area contributed by atoms with Crippen molar-refractivity contribution in [3.8, 4) is 0 Å². The molecule has 0 spiro atoms. The van der Waals surface area contributed by atoms with Crippen molar-refractivity contribution < 1.29 is 27.5 Å². The second-order valence-electron chi connectivity index (χ2n) is 6.73. The summed E-state index contributed by atoms with van der Waals surface area (Å²) < 4.78 is 45.7. The predicted molar refractivity (Wildman–Crippen MR) is 105 cm³/mol. The second kappa shape index (κ2) is 8.10. The summed E-state index contributed by atoms with van der Waals surface area (Å²) in [5.74, 6) is -1.17. The zero-order chi connectivity index (χ0) is 21.5. The Labute approximate surface area is 177 Å². The van der Waals surface area contributed by atoms with Gasteiger partial charge in [-0.3, -0.25) is 9.48 Å². The molecule has 0 aromatic carbocycles. The Morgan fingerprint density at radius 3 is 2.55 bits per heavy atom. The van der Waals surface area contributed by atoms with E-state index in [1.807, 2.05) is 6.92 Å². The fraction of sp³-hybridized carbons (Fsp3) is 0.500. The zero-order valence-electron chi connectivity index (χ0n) is 15.9. The smallest absolute Gasteiger partial charge is 0.436 e. The van der Waals surface area contributed by atoms with Gasteiger partial charge in [0, 0.05) is 10.8 Å².